The standard InChI is InChI=1S/C19H28ClFN2O3/c1-2-3-8-26-19(24)23-7-4-5-14(13-23)18(25-9-6-22)15-10-16(20)12-17(21)11-15/h10-12,14,18H,2-9,13,22H2,1H3/t14?,18-/m1/s1. The average molecular weight is 387 g/mol. The fourth-order valence-corrected chi connectivity index (χ4v) is 3.49. The first-order valence-electron chi connectivity index (χ1n) is 9.24. The molecule has 1 aliphatic rings. The average Bonchev–Trinajstić information content (AvgIpc) is 2.61. The normalized spacial score (nSPS) is 18.6. The van der Waals surface area contributed by atoms with Crippen molar-refractivity contribution >= 4 is 17.7 Å². The molecule has 0 spiro atoms. The number of halogens is 2. The van der Waals surface area contributed by atoms with Crippen LogP contribution in [0.1, 0.15) is 44.3 Å². The van der Waals surface area contributed by atoms with Gasteiger partial charge in [-0.3, -0.25) is 0 Å². The van der Waals surface area contributed by atoms with E-state index in [0.29, 0.717) is 43.4 Å². The van der Waals surface area contributed by atoms with Gasteiger partial charge in [-0.05, 0) is 43.0 Å². The summed E-state index contributed by atoms with van der Waals surface area (Å²) in [5, 5.41) is 0.327. The molecule has 146 valence electrons. The Morgan fingerprint density at radius 1 is 1.42 bits per heavy atom. The second-order valence-corrected chi connectivity index (χ2v) is 7.04. The smallest absolute Gasteiger partial charge is 0.409 e. The maximum absolute atomic E-state index is 13.8. The number of amides is 1. The molecule has 0 radical (unpaired) electrons. The molecule has 2 atom stereocenters. The van der Waals surface area contributed by atoms with Gasteiger partial charge in [0, 0.05) is 30.6 Å². The molecule has 1 aromatic rings. The third-order valence-electron chi connectivity index (χ3n) is 4.50. The molecule has 5 nitrogen and oxygen atoms in total. The molecule has 0 aliphatic carbocycles. The van der Waals surface area contributed by atoms with Gasteiger partial charge in [-0.2, -0.15) is 0 Å². The predicted octanol–water partition coefficient (Wildman–Crippen LogP) is 4.14. The molecule has 0 bridgehead atoms. The fourth-order valence-electron chi connectivity index (χ4n) is 3.26. The van der Waals surface area contributed by atoms with Gasteiger partial charge in [-0.1, -0.05) is 24.9 Å². The van der Waals surface area contributed by atoms with E-state index in [2.05, 4.69) is 0 Å². The molecular formula is C19H28ClFN2O3. The summed E-state index contributed by atoms with van der Waals surface area (Å²) in [6, 6.07) is 4.42. The molecule has 7 heteroatoms. The highest BCUT2D eigenvalue weighted by molar-refractivity contribution is 6.30. The zero-order valence-electron chi connectivity index (χ0n) is 15.3. The SMILES string of the molecule is CCCCOC(=O)N1CCCC([C@@H](OCCN)c2cc(F)cc(Cl)c2)C1. The van der Waals surface area contributed by atoms with Crippen LogP contribution in [-0.4, -0.2) is 43.8 Å². The Hall–Kier alpha value is -1.37. The van der Waals surface area contributed by atoms with Crippen LogP contribution in [0.5, 0.6) is 0 Å². The van der Waals surface area contributed by atoms with Crippen LogP contribution in [0.2, 0.25) is 5.02 Å². The van der Waals surface area contributed by atoms with Crippen LogP contribution >= 0.6 is 11.6 Å². The highest BCUT2D eigenvalue weighted by atomic mass is 35.5. The highest BCUT2D eigenvalue weighted by Gasteiger charge is 2.32. The summed E-state index contributed by atoms with van der Waals surface area (Å²) in [4.78, 5) is 14.0. The molecule has 0 saturated carbocycles. The van der Waals surface area contributed by atoms with E-state index >= 15 is 0 Å². The van der Waals surface area contributed by atoms with Crippen LogP contribution in [0.3, 0.4) is 0 Å². The van der Waals surface area contributed by atoms with E-state index in [1.165, 1.54) is 12.1 Å². The quantitative estimate of drug-likeness (QED) is 0.682. The van der Waals surface area contributed by atoms with Crippen LogP contribution < -0.4 is 5.73 Å². The van der Waals surface area contributed by atoms with E-state index in [0.717, 1.165) is 25.7 Å². The molecule has 26 heavy (non-hydrogen) atoms. The van der Waals surface area contributed by atoms with Gasteiger partial charge in [0.1, 0.15) is 5.82 Å². The van der Waals surface area contributed by atoms with Gasteiger partial charge in [-0.25, -0.2) is 9.18 Å². The van der Waals surface area contributed by atoms with E-state index in [1.807, 2.05) is 6.92 Å². The van der Waals surface area contributed by atoms with Crippen molar-refractivity contribution < 1.29 is 18.7 Å². The van der Waals surface area contributed by atoms with Crippen molar-refractivity contribution in [3.05, 3.63) is 34.6 Å². The van der Waals surface area contributed by atoms with Gasteiger partial charge < -0.3 is 20.1 Å². The van der Waals surface area contributed by atoms with Crippen molar-refractivity contribution in [2.24, 2.45) is 11.7 Å². The van der Waals surface area contributed by atoms with Crippen molar-refractivity contribution in [2.75, 3.05) is 32.8 Å². The molecule has 2 N–H and O–H groups in total. The number of hydrogen-bond donors (Lipinski definition) is 1. The van der Waals surface area contributed by atoms with Crippen molar-refractivity contribution in [1.82, 2.24) is 4.90 Å². The number of carbonyl (C=O) groups excluding carboxylic acids is 1. The van der Waals surface area contributed by atoms with Gasteiger partial charge in [0.25, 0.3) is 0 Å². The van der Waals surface area contributed by atoms with E-state index in [-0.39, 0.29) is 18.1 Å². The topological polar surface area (TPSA) is 64.8 Å². The Morgan fingerprint density at radius 3 is 2.92 bits per heavy atom. The number of rotatable bonds is 8. The molecule has 1 aromatic carbocycles. The number of piperidine rings is 1. The maximum Gasteiger partial charge on any atom is 0.409 e. The number of nitrogens with zero attached hydrogens (tertiary/aromatic N) is 1. The number of nitrogens with two attached hydrogens (primary N) is 1. The third kappa shape index (κ3) is 6.11. The third-order valence-corrected chi connectivity index (χ3v) is 4.71. The lowest BCUT2D eigenvalue weighted by atomic mass is 9.88. The minimum Gasteiger partial charge on any atom is -0.449 e. The first kappa shape index (κ1) is 20.9. The minimum atomic E-state index is -0.402. The van der Waals surface area contributed by atoms with E-state index < -0.39 is 5.82 Å². The molecule has 1 aliphatic heterocycles. The summed E-state index contributed by atoms with van der Waals surface area (Å²) >= 11 is 6.01. The minimum absolute atomic E-state index is 0.0342. The predicted molar refractivity (Wildman–Crippen MR) is 99.7 cm³/mol. The van der Waals surface area contributed by atoms with Gasteiger partial charge in [0.2, 0.25) is 0 Å². The summed E-state index contributed by atoms with van der Waals surface area (Å²) in [7, 11) is 0. The van der Waals surface area contributed by atoms with Crippen LogP contribution in [0.15, 0.2) is 18.2 Å². The van der Waals surface area contributed by atoms with E-state index in [1.54, 1.807) is 11.0 Å². The second kappa shape index (κ2) is 10.7. The molecule has 2 rings (SSSR count). The number of unbranched alkanes of at least 4 members (excludes halogenated alkanes) is 1. The van der Waals surface area contributed by atoms with Crippen molar-refractivity contribution in [2.45, 2.75) is 38.7 Å². The first-order valence-corrected chi connectivity index (χ1v) is 9.62. The van der Waals surface area contributed by atoms with Crippen molar-refractivity contribution in [3.8, 4) is 0 Å². The van der Waals surface area contributed by atoms with Crippen LogP contribution in [0.25, 0.3) is 0 Å². The molecule has 1 heterocycles. The van der Waals surface area contributed by atoms with Gasteiger partial charge in [0.15, 0.2) is 0 Å². The van der Waals surface area contributed by atoms with Crippen molar-refractivity contribution in [1.29, 1.82) is 0 Å². The summed E-state index contributed by atoms with van der Waals surface area (Å²) in [6.07, 6.45) is 2.90. The fraction of sp³-hybridized carbons (Fsp3) is 0.632. The number of ether oxygens (including phenoxy) is 2. The van der Waals surface area contributed by atoms with Crippen molar-refractivity contribution in [3.63, 3.8) is 0 Å². The molecular weight excluding hydrogens is 359 g/mol. The zero-order valence-corrected chi connectivity index (χ0v) is 16.0. The maximum atomic E-state index is 13.8. The molecule has 1 amide bonds. The largest absolute Gasteiger partial charge is 0.449 e. The van der Waals surface area contributed by atoms with Crippen LogP contribution in [-0.2, 0) is 9.47 Å². The highest BCUT2D eigenvalue weighted by Crippen LogP contribution is 2.34. The Balaban J connectivity index is 2.10. The zero-order chi connectivity index (χ0) is 18.9. The number of likely N-dealkylation sites (tertiary alicyclic amines) is 1. The Morgan fingerprint density at radius 2 is 2.23 bits per heavy atom. The monoisotopic (exact) mass is 386 g/mol. The molecule has 1 fully saturated rings. The van der Waals surface area contributed by atoms with Gasteiger partial charge >= 0.3 is 6.09 Å². The summed E-state index contributed by atoms with van der Waals surface area (Å²) < 4.78 is 25.1. The lowest BCUT2D eigenvalue weighted by Crippen LogP contribution is -2.42. The first-order chi connectivity index (χ1) is 12.5. The Bertz CT molecular complexity index is 568. The summed E-state index contributed by atoms with van der Waals surface area (Å²) in [6.45, 7) is 4.38. The van der Waals surface area contributed by atoms with E-state index in [9.17, 15) is 9.18 Å². The Labute approximate surface area is 159 Å². The second-order valence-electron chi connectivity index (χ2n) is 6.60. The summed E-state index contributed by atoms with van der Waals surface area (Å²) in [5.74, 6) is -0.368. The summed E-state index contributed by atoms with van der Waals surface area (Å²) in [5.41, 5.74) is 6.25. The Kier molecular flexibility index (Phi) is 8.62. The van der Waals surface area contributed by atoms with Crippen LogP contribution in [0, 0.1) is 11.7 Å². The van der Waals surface area contributed by atoms with Gasteiger partial charge in [0.05, 0.1) is 19.3 Å². The van der Waals surface area contributed by atoms with E-state index in [4.69, 9.17) is 26.8 Å². The lowest BCUT2D eigenvalue weighted by Gasteiger charge is -2.36. The number of carbonyl (C=O) groups is 1. The van der Waals surface area contributed by atoms with Gasteiger partial charge in [-0.15, -0.1) is 0 Å². The van der Waals surface area contributed by atoms with Crippen LogP contribution in [0.4, 0.5) is 9.18 Å². The molecule has 0 aromatic heterocycles. The molecule has 1 saturated heterocycles. The number of benzene rings is 1. The molecule has 1 unspecified atom stereocenters. The lowest BCUT2D eigenvalue weighted by molar-refractivity contribution is -0.0128. The number of hydrogen-bond acceptors (Lipinski definition) is 4.